The molecule has 0 N–H and O–H groups in total. The highest BCUT2D eigenvalue weighted by Gasteiger charge is 2.54. The van der Waals surface area contributed by atoms with Crippen LogP contribution in [0, 0.1) is 23.7 Å². The zero-order chi connectivity index (χ0) is 13.5. The van der Waals surface area contributed by atoms with Crippen LogP contribution in [0.2, 0.25) is 0 Å². The quantitative estimate of drug-likeness (QED) is 0.684. The van der Waals surface area contributed by atoms with Crippen molar-refractivity contribution in [1.29, 1.82) is 0 Å². The number of esters is 1. The number of rotatable bonds is 1. The van der Waals surface area contributed by atoms with Crippen molar-refractivity contribution >= 4 is 5.97 Å². The maximum Gasteiger partial charge on any atom is 0.391 e. The van der Waals surface area contributed by atoms with Crippen molar-refractivity contribution in [3.63, 3.8) is 0 Å². The predicted octanol–water partition coefficient (Wildman–Crippen LogP) is 2.40. The summed E-state index contributed by atoms with van der Waals surface area (Å²) in [6.07, 6.45) is -4.95. The summed E-state index contributed by atoms with van der Waals surface area (Å²) in [5.74, 6) is -2.74. The summed E-state index contributed by atoms with van der Waals surface area (Å²) >= 11 is 0. The molecule has 2 aliphatic rings. The lowest BCUT2D eigenvalue weighted by Gasteiger charge is -2.38. The summed E-state index contributed by atoms with van der Waals surface area (Å²) in [5.41, 5.74) is 0. The first kappa shape index (κ1) is 13.6. The molecular formula is C12H17F3O3. The van der Waals surface area contributed by atoms with Crippen LogP contribution in [-0.4, -0.2) is 32.0 Å². The predicted molar refractivity (Wildman–Crippen MR) is 56.7 cm³/mol. The van der Waals surface area contributed by atoms with Crippen LogP contribution in [0.4, 0.5) is 13.2 Å². The minimum atomic E-state index is -4.27. The summed E-state index contributed by atoms with van der Waals surface area (Å²) in [6.45, 7) is 2.34. The second-order valence-corrected chi connectivity index (χ2v) is 5.27. The lowest BCUT2D eigenvalue weighted by molar-refractivity contribution is -0.201. The van der Waals surface area contributed by atoms with Gasteiger partial charge in [-0.1, -0.05) is 6.92 Å². The molecule has 1 heterocycles. The van der Waals surface area contributed by atoms with Crippen molar-refractivity contribution in [3.05, 3.63) is 0 Å². The number of hydrogen-bond donors (Lipinski definition) is 0. The number of carbonyl (C=O) groups is 1. The zero-order valence-electron chi connectivity index (χ0n) is 10.4. The highest BCUT2D eigenvalue weighted by molar-refractivity contribution is 5.73. The summed E-state index contributed by atoms with van der Waals surface area (Å²) in [4.78, 5) is 11.7. The minimum Gasteiger partial charge on any atom is -0.469 e. The van der Waals surface area contributed by atoms with Crippen LogP contribution in [0.1, 0.15) is 19.8 Å². The van der Waals surface area contributed by atoms with Gasteiger partial charge in [-0.3, -0.25) is 4.79 Å². The highest BCUT2D eigenvalue weighted by atomic mass is 19.4. The van der Waals surface area contributed by atoms with E-state index in [9.17, 15) is 18.0 Å². The van der Waals surface area contributed by atoms with Crippen molar-refractivity contribution in [3.8, 4) is 0 Å². The van der Waals surface area contributed by atoms with E-state index in [1.54, 1.807) is 0 Å². The van der Waals surface area contributed by atoms with Crippen LogP contribution in [0.3, 0.4) is 0 Å². The summed E-state index contributed by atoms with van der Waals surface area (Å²) in [6, 6.07) is 0. The number of fused-ring (bicyclic) bond motifs is 1. The van der Waals surface area contributed by atoms with Crippen molar-refractivity contribution < 1.29 is 27.4 Å². The Bertz CT molecular complexity index is 329. The van der Waals surface area contributed by atoms with Crippen molar-refractivity contribution in [2.45, 2.75) is 32.0 Å². The lowest BCUT2D eigenvalue weighted by Crippen LogP contribution is -2.44. The second-order valence-electron chi connectivity index (χ2n) is 5.27. The summed E-state index contributed by atoms with van der Waals surface area (Å²) in [5, 5.41) is 0. The Hall–Kier alpha value is -0.780. The topological polar surface area (TPSA) is 35.5 Å². The Morgan fingerprint density at radius 2 is 2.00 bits per heavy atom. The standard InChI is InChI=1S/C12H17F3O3/c1-6-5-18-9-4-7(12(13,14)15)3-8(10(6)9)11(16)17-2/h6-10H,3-5H2,1-2H3/t6-,7-,8+,9-,10+/m0/s1. The van der Waals surface area contributed by atoms with Crippen LogP contribution in [-0.2, 0) is 14.3 Å². The molecule has 0 amide bonds. The number of hydrogen-bond acceptors (Lipinski definition) is 3. The average Bonchev–Trinajstić information content (AvgIpc) is 2.68. The van der Waals surface area contributed by atoms with Gasteiger partial charge >= 0.3 is 12.1 Å². The molecule has 2 rings (SSSR count). The van der Waals surface area contributed by atoms with Crippen molar-refractivity contribution in [1.82, 2.24) is 0 Å². The Kier molecular flexibility index (Phi) is 3.58. The Morgan fingerprint density at radius 3 is 2.56 bits per heavy atom. The van der Waals surface area contributed by atoms with Crippen LogP contribution in [0.5, 0.6) is 0 Å². The van der Waals surface area contributed by atoms with E-state index in [1.165, 1.54) is 7.11 Å². The van der Waals surface area contributed by atoms with Crippen molar-refractivity contribution in [2.75, 3.05) is 13.7 Å². The van der Waals surface area contributed by atoms with Gasteiger partial charge in [0.2, 0.25) is 0 Å². The first-order valence-corrected chi connectivity index (χ1v) is 6.10. The van der Waals surface area contributed by atoms with E-state index in [1.807, 2.05) is 6.92 Å². The van der Waals surface area contributed by atoms with Gasteiger partial charge in [0.1, 0.15) is 0 Å². The van der Waals surface area contributed by atoms with Crippen LogP contribution in [0.25, 0.3) is 0 Å². The van der Waals surface area contributed by atoms with E-state index in [-0.39, 0.29) is 24.7 Å². The molecule has 0 aromatic rings. The molecule has 0 aromatic carbocycles. The summed E-state index contributed by atoms with van der Waals surface area (Å²) in [7, 11) is 1.22. The van der Waals surface area contributed by atoms with Gasteiger partial charge in [-0.2, -0.15) is 13.2 Å². The fourth-order valence-corrected chi connectivity index (χ4v) is 3.26. The molecule has 18 heavy (non-hydrogen) atoms. The molecule has 1 aliphatic heterocycles. The molecule has 1 saturated carbocycles. The lowest BCUT2D eigenvalue weighted by atomic mass is 9.69. The molecule has 1 aliphatic carbocycles. The number of methoxy groups -OCH3 is 1. The van der Waals surface area contributed by atoms with E-state index in [0.717, 1.165) is 0 Å². The Morgan fingerprint density at radius 1 is 1.33 bits per heavy atom. The van der Waals surface area contributed by atoms with E-state index >= 15 is 0 Å². The average molecular weight is 266 g/mol. The monoisotopic (exact) mass is 266 g/mol. The van der Waals surface area contributed by atoms with Crippen LogP contribution < -0.4 is 0 Å². The molecule has 0 unspecified atom stereocenters. The largest absolute Gasteiger partial charge is 0.469 e. The van der Waals surface area contributed by atoms with Gasteiger partial charge in [0, 0.05) is 12.5 Å². The molecule has 1 saturated heterocycles. The minimum absolute atomic E-state index is 0.0357. The van der Waals surface area contributed by atoms with E-state index in [0.29, 0.717) is 6.61 Å². The second kappa shape index (κ2) is 4.72. The summed E-state index contributed by atoms with van der Waals surface area (Å²) < 4.78 is 48.5. The maximum absolute atomic E-state index is 12.8. The van der Waals surface area contributed by atoms with E-state index in [2.05, 4.69) is 4.74 Å². The number of alkyl halides is 3. The normalized spacial score (nSPS) is 40.4. The number of carbonyl (C=O) groups excluding carboxylic acids is 1. The zero-order valence-corrected chi connectivity index (χ0v) is 10.4. The first-order valence-electron chi connectivity index (χ1n) is 6.10. The third-order valence-electron chi connectivity index (χ3n) is 4.15. The highest BCUT2D eigenvalue weighted by Crippen LogP contribution is 2.48. The SMILES string of the molecule is COC(=O)[C@@H]1C[C@H](C(F)(F)F)C[C@@H]2OC[C@H](C)[C@@H]21. The number of ether oxygens (including phenoxy) is 2. The third-order valence-corrected chi connectivity index (χ3v) is 4.15. The molecule has 0 aromatic heterocycles. The van der Waals surface area contributed by atoms with Gasteiger partial charge in [-0.15, -0.1) is 0 Å². The fraction of sp³-hybridized carbons (Fsp3) is 0.917. The molecule has 3 nitrogen and oxygen atoms in total. The number of halogens is 3. The van der Waals surface area contributed by atoms with E-state index in [4.69, 9.17) is 4.74 Å². The van der Waals surface area contributed by atoms with Gasteiger partial charge in [0.25, 0.3) is 0 Å². The smallest absolute Gasteiger partial charge is 0.391 e. The first-order chi connectivity index (χ1) is 8.34. The van der Waals surface area contributed by atoms with Gasteiger partial charge in [0.05, 0.1) is 25.0 Å². The van der Waals surface area contributed by atoms with E-state index < -0.39 is 30.1 Å². The Labute approximate surface area is 104 Å². The maximum atomic E-state index is 12.8. The molecule has 104 valence electrons. The van der Waals surface area contributed by atoms with Gasteiger partial charge in [-0.05, 0) is 18.8 Å². The molecule has 6 heteroatoms. The molecule has 0 radical (unpaired) electrons. The Balaban J connectivity index is 2.21. The fourth-order valence-electron chi connectivity index (χ4n) is 3.26. The molecule has 0 bridgehead atoms. The molecule has 2 fully saturated rings. The van der Waals surface area contributed by atoms with Crippen LogP contribution in [0.15, 0.2) is 0 Å². The molecular weight excluding hydrogens is 249 g/mol. The molecule has 5 atom stereocenters. The van der Waals surface area contributed by atoms with Gasteiger partial charge in [0.15, 0.2) is 0 Å². The van der Waals surface area contributed by atoms with Crippen molar-refractivity contribution in [2.24, 2.45) is 23.7 Å². The third kappa shape index (κ3) is 2.35. The van der Waals surface area contributed by atoms with Crippen LogP contribution >= 0.6 is 0 Å². The molecule has 0 spiro atoms. The van der Waals surface area contributed by atoms with Gasteiger partial charge < -0.3 is 9.47 Å². The van der Waals surface area contributed by atoms with Gasteiger partial charge in [-0.25, -0.2) is 0 Å².